The Morgan fingerprint density at radius 2 is 1.81 bits per heavy atom. The number of phenols is 1. The van der Waals surface area contributed by atoms with Crippen molar-refractivity contribution in [1.82, 2.24) is 4.98 Å². The number of nitrogens with zero attached hydrogens (tertiary/aromatic N) is 1. The number of aromatic hydroxyl groups is 1. The number of hydrogen-bond donors (Lipinski definition) is 1. The number of benzene rings is 2. The van der Waals surface area contributed by atoms with Gasteiger partial charge in [0.1, 0.15) is 5.75 Å². The zero-order valence-electron chi connectivity index (χ0n) is 15.0. The molecule has 1 aromatic heterocycles. The first-order valence-electron chi connectivity index (χ1n) is 9.19. The normalized spacial score (nSPS) is 16.9. The molecule has 2 aliphatic rings. The molecule has 1 saturated carbocycles. The highest BCUT2D eigenvalue weighted by molar-refractivity contribution is 6.11. The van der Waals surface area contributed by atoms with Gasteiger partial charge >= 0.3 is 0 Å². The van der Waals surface area contributed by atoms with E-state index in [1.165, 1.54) is 6.07 Å². The van der Waals surface area contributed by atoms with Crippen LogP contribution in [0.1, 0.15) is 47.2 Å². The molecule has 1 N–H and O–H groups in total. The fourth-order valence-electron chi connectivity index (χ4n) is 3.95. The van der Waals surface area contributed by atoms with Crippen LogP contribution in [0, 0.1) is 6.92 Å². The maximum Gasteiger partial charge on any atom is 0.251 e. The van der Waals surface area contributed by atoms with Gasteiger partial charge in [0, 0.05) is 36.1 Å². The van der Waals surface area contributed by atoms with Gasteiger partial charge in [-0.25, -0.2) is 0 Å². The van der Waals surface area contributed by atoms with Crippen LogP contribution in [0.5, 0.6) is 17.2 Å². The highest BCUT2D eigenvalue weighted by atomic mass is 16.7. The van der Waals surface area contributed by atoms with E-state index >= 15 is 0 Å². The number of rotatable bonds is 2. The lowest BCUT2D eigenvalue weighted by Crippen LogP contribution is -2.34. The van der Waals surface area contributed by atoms with Crippen LogP contribution in [0.3, 0.4) is 0 Å². The van der Waals surface area contributed by atoms with Crippen molar-refractivity contribution in [2.45, 2.75) is 38.4 Å². The molecule has 0 bridgehead atoms. The van der Waals surface area contributed by atoms with E-state index in [2.05, 4.69) is 4.98 Å². The SMILES string of the molecule is Cc1ccc(O)c(C(=O)c2cnc3cc4c(cc3c2)OC2(CCCC2)O4)c1. The van der Waals surface area contributed by atoms with Crippen molar-refractivity contribution in [3.05, 3.63) is 59.3 Å². The Hall–Kier alpha value is -3.08. The molecule has 3 aromatic rings. The van der Waals surface area contributed by atoms with Crippen LogP contribution in [-0.4, -0.2) is 21.7 Å². The maximum atomic E-state index is 12.8. The molecule has 1 fully saturated rings. The van der Waals surface area contributed by atoms with Crippen LogP contribution in [0.25, 0.3) is 10.9 Å². The molecule has 1 aliphatic heterocycles. The summed E-state index contributed by atoms with van der Waals surface area (Å²) in [6.45, 7) is 1.88. The zero-order valence-corrected chi connectivity index (χ0v) is 15.0. The van der Waals surface area contributed by atoms with Crippen LogP contribution in [0.4, 0.5) is 0 Å². The summed E-state index contributed by atoms with van der Waals surface area (Å²) in [6.07, 6.45) is 5.53. The molecule has 1 spiro atoms. The van der Waals surface area contributed by atoms with Crippen LogP contribution in [0.2, 0.25) is 0 Å². The van der Waals surface area contributed by atoms with Gasteiger partial charge in [-0.15, -0.1) is 0 Å². The minimum Gasteiger partial charge on any atom is -0.507 e. The summed E-state index contributed by atoms with van der Waals surface area (Å²) < 4.78 is 12.2. The molecule has 2 aromatic carbocycles. The Bertz CT molecular complexity index is 1080. The number of ether oxygens (including phenoxy) is 2. The van der Waals surface area contributed by atoms with E-state index in [9.17, 15) is 9.90 Å². The molecule has 27 heavy (non-hydrogen) atoms. The summed E-state index contributed by atoms with van der Waals surface area (Å²) in [5.74, 6) is 0.614. The summed E-state index contributed by atoms with van der Waals surface area (Å²) in [5, 5.41) is 10.9. The number of pyridine rings is 1. The van der Waals surface area contributed by atoms with Crippen molar-refractivity contribution in [3.63, 3.8) is 0 Å². The van der Waals surface area contributed by atoms with Gasteiger partial charge in [0.25, 0.3) is 5.79 Å². The van der Waals surface area contributed by atoms with Gasteiger partial charge in [-0.05, 0) is 44.0 Å². The van der Waals surface area contributed by atoms with Crippen molar-refractivity contribution in [2.24, 2.45) is 0 Å². The van der Waals surface area contributed by atoms with Crippen LogP contribution >= 0.6 is 0 Å². The second-order valence-corrected chi connectivity index (χ2v) is 7.39. The summed E-state index contributed by atoms with van der Waals surface area (Å²) in [7, 11) is 0. The summed E-state index contributed by atoms with van der Waals surface area (Å²) >= 11 is 0. The van der Waals surface area contributed by atoms with E-state index in [1.54, 1.807) is 24.4 Å². The van der Waals surface area contributed by atoms with Crippen LogP contribution < -0.4 is 9.47 Å². The van der Waals surface area contributed by atoms with Crippen LogP contribution in [-0.2, 0) is 0 Å². The number of aryl methyl sites for hydroxylation is 1. The van der Waals surface area contributed by atoms with Crippen molar-refractivity contribution in [2.75, 3.05) is 0 Å². The van der Waals surface area contributed by atoms with Gasteiger partial charge in [-0.3, -0.25) is 9.78 Å². The molecule has 5 heteroatoms. The Morgan fingerprint density at radius 3 is 2.59 bits per heavy atom. The molecule has 0 amide bonds. The Morgan fingerprint density at radius 1 is 1.07 bits per heavy atom. The van der Waals surface area contributed by atoms with Gasteiger partial charge < -0.3 is 14.6 Å². The lowest BCUT2D eigenvalue weighted by atomic mass is 10.0. The average molecular weight is 361 g/mol. The summed E-state index contributed by atoms with van der Waals surface area (Å²) in [5.41, 5.74) is 2.37. The predicted octanol–water partition coefficient (Wildman–Crippen LogP) is 4.52. The van der Waals surface area contributed by atoms with E-state index in [0.717, 1.165) is 42.1 Å². The Balaban J connectivity index is 1.54. The minimum absolute atomic E-state index is 0.0282. The van der Waals surface area contributed by atoms with Gasteiger partial charge in [-0.2, -0.15) is 0 Å². The molecule has 1 aliphatic carbocycles. The molecule has 0 atom stereocenters. The average Bonchev–Trinajstić information content (AvgIpc) is 3.26. The number of carbonyl (C=O) groups is 1. The Labute approximate surface area is 156 Å². The number of hydrogen-bond acceptors (Lipinski definition) is 5. The quantitative estimate of drug-likeness (QED) is 0.680. The first-order chi connectivity index (χ1) is 13.0. The van der Waals surface area contributed by atoms with Crippen molar-refractivity contribution >= 4 is 16.7 Å². The van der Waals surface area contributed by atoms with E-state index in [-0.39, 0.29) is 17.1 Å². The molecule has 0 unspecified atom stereocenters. The first kappa shape index (κ1) is 16.1. The molecule has 5 rings (SSSR count). The molecule has 136 valence electrons. The zero-order chi connectivity index (χ0) is 18.6. The second-order valence-electron chi connectivity index (χ2n) is 7.39. The predicted molar refractivity (Wildman–Crippen MR) is 100 cm³/mol. The fourth-order valence-corrected chi connectivity index (χ4v) is 3.95. The molecule has 2 heterocycles. The van der Waals surface area contributed by atoms with Gasteiger partial charge in [0.05, 0.1) is 11.1 Å². The topological polar surface area (TPSA) is 68.7 Å². The van der Waals surface area contributed by atoms with Gasteiger partial charge in [0.15, 0.2) is 17.3 Å². The fraction of sp³-hybridized carbons (Fsp3) is 0.273. The maximum absolute atomic E-state index is 12.8. The highest BCUT2D eigenvalue weighted by Crippen LogP contribution is 2.47. The first-order valence-corrected chi connectivity index (χ1v) is 9.19. The molecule has 0 saturated heterocycles. The third kappa shape index (κ3) is 2.62. The molecular weight excluding hydrogens is 342 g/mol. The molecular formula is C22H19NO4. The smallest absolute Gasteiger partial charge is 0.251 e. The number of carbonyl (C=O) groups excluding carboxylic acids is 1. The number of aromatic nitrogens is 1. The number of fused-ring (bicyclic) bond motifs is 2. The lowest BCUT2D eigenvalue weighted by Gasteiger charge is -2.21. The van der Waals surface area contributed by atoms with E-state index in [4.69, 9.17) is 9.47 Å². The largest absolute Gasteiger partial charge is 0.507 e. The van der Waals surface area contributed by atoms with Gasteiger partial charge in [0.2, 0.25) is 0 Å². The number of ketones is 1. The van der Waals surface area contributed by atoms with Crippen molar-refractivity contribution < 1.29 is 19.4 Å². The highest BCUT2D eigenvalue weighted by Gasteiger charge is 2.44. The number of phenolic OH excluding ortho intramolecular Hbond substituents is 1. The van der Waals surface area contributed by atoms with Crippen molar-refractivity contribution in [3.8, 4) is 17.2 Å². The van der Waals surface area contributed by atoms with E-state index < -0.39 is 5.79 Å². The Kier molecular flexibility index (Phi) is 3.41. The third-order valence-corrected chi connectivity index (χ3v) is 5.36. The molecule has 5 nitrogen and oxygen atoms in total. The third-order valence-electron chi connectivity index (χ3n) is 5.36. The van der Waals surface area contributed by atoms with E-state index in [0.29, 0.717) is 17.1 Å². The second kappa shape index (κ2) is 5.71. The standard InChI is InChI=1S/C22H19NO4/c1-13-4-5-18(24)16(8-13)21(25)15-9-14-10-19-20(11-17(14)23-12-15)27-22(26-19)6-2-3-7-22/h4-5,8-12,24H,2-3,6-7H2,1H3. The summed E-state index contributed by atoms with van der Waals surface area (Å²) in [6, 6.07) is 10.5. The van der Waals surface area contributed by atoms with E-state index in [1.807, 2.05) is 19.1 Å². The van der Waals surface area contributed by atoms with Crippen molar-refractivity contribution in [1.29, 1.82) is 0 Å². The summed E-state index contributed by atoms with van der Waals surface area (Å²) in [4.78, 5) is 17.3. The lowest BCUT2D eigenvalue weighted by molar-refractivity contribution is -0.0716. The minimum atomic E-state index is -0.522. The van der Waals surface area contributed by atoms with Crippen LogP contribution in [0.15, 0.2) is 42.6 Å². The monoisotopic (exact) mass is 361 g/mol. The molecule has 0 radical (unpaired) electrons. The van der Waals surface area contributed by atoms with Gasteiger partial charge in [-0.1, -0.05) is 11.6 Å².